The van der Waals surface area contributed by atoms with Gasteiger partial charge in [-0.3, -0.25) is 0 Å². The minimum atomic E-state index is -0.380. The average Bonchev–Trinajstić information content (AvgIpc) is 2.40. The Balaban J connectivity index is 2.39. The van der Waals surface area contributed by atoms with E-state index in [0.29, 0.717) is 39.1 Å². The van der Waals surface area contributed by atoms with Crippen LogP contribution in [0.2, 0.25) is 5.15 Å². The number of hydrogen-bond acceptors (Lipinski definition) is 3. The lowest BCUT2D eigenvalue weighted by molar-refractivity contribution is 0.447. The maximum atomic E-state index is 13.3. The van der Waals surface area contributed by atoms with Crippen LogP contribution in [0, 0.1) is 12.7 Å². The predicted molar refractivity (Wildman–Crippen MR) is 79.9 cm³/mol. The van der Waals surface area contributed by atoms with Gasteiger partial charge in [0.25, 0.3) is 0 Å². The van der Waals surface area contributed by atoms with E-state index in [2.05, 4.69) is 25.9 Å². The van der Waals surface area contributed by atoms with Crippen molar-refractivity contribution >= 4 is 27.5 Å². The van der Waals surface area contributed by atoms with Crippen LogP contribution in [0.15, 0.2) is 22.7 Å². The van der Waals surface area contributed by atoms with Gasteiger partial charge in [-0.25, -0.2) is 9.37 Å². The minimum Gasteiger partial charge on any atom is -0.437 e. The molecule has 6 heteroatoms. The van der Waals surface area contributed by atoms with E-state index < -0.39 is 0 Å². The lowest BCUT2D eigenvalue weighted by atomic mass is 10.3. The van der Waals surface area contributed by atoms with Crippen molar-refractivity contribution in [3.8, 4) is 11.6 Å². The van der Waals surface area contributed by atoms with Crippen molar-refractivity contribution in [1.29, 1.82) is 0 Å². The van der Waals surface area contributed by atoms with Crippen LogP contribution in [-0.2, 0) is 6.42 Å². The summed E-state index contributed by atoms with van der Waals surface area (Å²) in [5, 5.41) is 0.353. The van der Waals surface area contributed by atoms with Gasteiger partial charge in [0.15, 0.2) is 0 Å². The van der Waals surface area contributed by atoms with Crippen molar-refractivity contribution in [3.63, 3.8) is 0 Å². The zero-order valence-electron chi connectivity index (χ0n) is 11.1. The highest BCUT2D eigenvalue weighted by Gasteiger charge is 2.13. The second kappa shape index (κ2) is 6.50. The second-order valence-electron chi connectivity index (χ2n) is 4.29. The molecule has 1 aromatic heterocycles. The minimum absolute atomic E-state index is 0.347. The van der Waals surface area contributed by atoms with Gasteiger partial charge in [0.2, 0.25) is 5.88 Å². The van der Waals surface area contributed by atoms with E-state index in [1.54, 1.807) is 13.0 Å². The van der Waals surface area contributed by atoms with E-state index in [1.807, 2.05) is 6.92 Å². The molecule has 20 heavy (non-hydrogen) atoms. The van der Waals surface area contributed by atoms with Crippen LogP contribution in [0.4, 0.5) is 4.39 Å². The summed E-state index contributed by atoms with van der Waals surface area (Å²) in [4.78, 5) is 8.52. The van der Waals surface area contributed by atoms with Crippen LogP contribution in [0.1, 0.15) is 24.7 Å². The zero-order valence-corrected chi connectivity index (χ0v) is 13.4. The lowest BCUT2D eigenvalue weighted by Crippen LogP contribution is -2.01. The Morgan fingerprint density at radius 1 is 1.35 bits per heavy atom. The molecule has 0 saturated heterocycles. The fourth-order valence-corrected chi connectivity index (χ4v) is 2.11. The molecule has 0 bridgehead atoms. The molecule has 1 heterocycles. The summed E-state index contributed by atoms with van der Waals surface area (Å²) >= 11 is 9.39. The van der Waals surface area contributed by atoms with Gasteiger partial charge in [-0.1, -0.05) is 18.5 Å². The Kier molecular flexibility index (Phi) is 4.94. The Morgan fingerprint density at radius 2 is 2.10 bits per heavy atom. The summed E-state index contributed by atoms with van der Waals surface area (Å²) in [5.41, 5.74) is 0.627. The zero-order chi connectivity index (χ0) is 14.7. The molecule has 0 aliphatic carbocycles. The standard InChI is InChI=1S/C14H13BrClFN2O/c1-3-4-12-18-13(16)8(2)14(19-12)20-11-7-9(17)5-6-10(11)15/h5-7H,3-4H2,1-2H3. The summed E-state index contributed by atoms with van der Waals surface area (Å²) < 4.78 is 19.6. The van der Waals surface area contributed by atoms with Gasteiger partial charge in [-0.15, -0.1) is 0 Å². The summed E-state index contributed by atoms with van der Waals surface area (Å²) in [5.74, 6) is 0.936. The van der Waals surface area contributed by atoms with E-state index >= 15 is 0 Å². The molecule has 3 nitrogen and oxygen atoms in total. The Labute approximate surface area is 130 Å². The van der Waals surface area contributed by atoms with Crippen molar-refractivity contribution in [3.05, 3.63) is 45.0 Å². The molecule has 0 saturated carbocycles. The molecule has 0 radical (unpaired) electrons. The molecule has 0 aliphatic heterocycles. The third-order valence-corrected chi connectivity index (χ3v) is 3.68. The van der Waals surface area contributed by atoms with E-state index in [1.165, 1.54) is 12.1 Å². The average molecular weight is 360 g/mol. The summed E-state index contributed by atoms with van der Waals surface area (Å²) in [6.07, 6.45) is 1.61. The first kappa shape index (κ1) is 15.2. The van der Waals surface area contributed by atoms with Gasteiger partial charge >= 0.3 is 0 Å². The molecule has 2 rings (SSSR count). The number of aromatic nitrogens is 2. The highest BCUT2D eigenvalue weighted by atomic mass is 79.9. The third-order valence-electron chi connectivity index (χ3n) is 2.66. The van der Waals surface area contributed by atoms with Crippen molar-refractivity contribution in [2.75, 3.05) is 0 Å². The van der Waals surface area contributed by atoms with Crippen molar-refractivity contribution in [1.82, 2.24) is 9.97 Å². The number of nitrogens with zero attached hydrogens (tertiary/aromatic N) is 2. The maximum absolute atomic E-state index is 13.3. The van der Waals surface area contributed by atoms with Crippen molar-refractivity contribution in [2.45, 2.75) is 26.7 Å². The number of benzene rings is 1. The number of halogens is 3. The van der Waals surface area contributed by atoms with E-state index in [4.69, 9.17) is 16.3 Å². The topological polar surface area (TPSA) is 35.0 Å². The highest BCUT2D eigenvalue weighted by Crippen LogP contribution is 2.32. The van der Waals surface area contributed by atoms with Gasteiger partial charge < -0.3 is 4.74 Å². The van der Waals surface area contributed by atoms with Crippen LogP contribution in [0.25, 0.3) is 0 Å². The summed E-state index contributed by atoms with van der Waals surface area (Å²) in [6, 6.07) is 4.22. The molecule has 0 aliphatic rings. The lowest BCUT2D eigenvalue weighted by Gasteiger charge is -2.11. The first-order valence-corrected chi connectivity index (χ1v) is 7.34. The van der Waals surface area contributed by atoms with E-state index in [9.17, 15) is 4.39 Å². The van der Waals surface area contributed by atoms with Gasteiger partial charge in [0.1, 0.15) is 22.5 Å². The predicted octanol–water partition coefficient (Wildman–Crippen LogP) is 5.08. The van der Waals surface area contributed by atoms with Crippen LogP contribution in [0.3, 0.4) is 0 Å². The molecule has 0 amide bonds. The van der Waals surface area contributed by atoms with Gasteiger partial charge in [-0.2, -0.15) is 4.98 Å². The third kappa shape index (κ3) is 3.46. The highest BCUT2D eigenvalue weighted by molar-refractivity contribution is 9.10. The maximum Gasteiger partial charge on any atom is 0.227 e. The molecule has 1 aromatic carbocycles. The fraction of sp³-hybridized carbons (Fsp3) is 0.286. The first-order valence-electron chi connectivity index (χ1n) is 6.17. The quantitative estimate of drug-likeness (QED) is 0.714. The van der Waals surface area contributed by atoms with E-state index in [-0.39, 0.29) is 5.82 Å². The summed E-state index contributed by atoms with van der Waals surface area (Å²) in [6.45, 7) is 3.79. The van der Waals surface area contributed by atoms with Crippen molar-refractivity contribution in [2.24, 2.45) is 0 Å². The summed E-state index contributed by atoms with van der Waals surface area (Å²) in [7, 11) is 0. The number of rotatable bonds is 4. The molecule has 2 aromatic rings. The van der Waals surface area contributed by atoms with Crippen LogP contribution >= 0.6 is 27.5 Å². The van der Waals surface area contributed by atoms with Crippen LogP contribution in [-0.4, -0.2) is 9.97 Å². The smallest absolute Gasteiger partial charge is 0.227 e. The normalized spacial score (nSPS) is 10.7. The molecule has 0 unspecified atom stereocenters. The van der Waals surface area contributed by atoms with Gasteiger partial charge in [-0.05, 0) is 41.4 Å². The SMILES string of the molecule is CCCc1nc(Cl)c(C)c(Oc2cc(F)ccc2Br)n1. The first-order chi connectivity index (χ1) is 9.51. The number of aryl methyl sites for hydroxylation is 1. The number of hydrogen-bond donors (Lipinski definition) is 0. The van der Waals surface area contributed by atoms with Crippen molar-refractivity contribution < 1.29 is 9.13 Å². The molecule has 0 atom stereocenters. The molecule has 0 fully saturated rings. The van der Waals surface area contributed by atoms with Crippen LogP contribution in [0.5, 0.6) is 11.6 Å². The molecule has 0 N–H and O–H groups in total. The molecule has 0 spiro atoms. The monoisotopic (exact) mass is 358 g/mol. The van der Waals surface area contributed by atoms with Crippen LogP contribution < -0.4 is 4.74 Å². The Morgan fingerprint density at radius 3 is 2.80 bits per heavy atom. The van der Waals surface area contributed by atoms with E-state index in [0.717, 1.165) is 6.42 Å². The molecular formula is C14H13BrClFN2O. The van der Waals surface area contributed by atoms with Gasteiger partial charge in [0.05, 0.1) is 4.47 Å². The second-order valence-corrected chi connectivity index (χ2v) is 5.50. The fourth-order valence-electron chi connectivity index (χ4n) is 1.61. The number of ether oxygens (including phenoxy) is 1. The molecular weight excluding hydrogens is 347 g/mol. The Bertz CT molecular complexity index is 637. The van der Waals surface area contributed by atoms with Gasteiger partial charge in [0, 0.05) is 18.1 Å². The molecule has 106 valence electrons. The Hall–Kier alpha value is -1.20. The largest absolute Gasteiger partial charge is 0.437 e.